The third kappa shape index (κ3) is 4.76. The standard InChI is InChI=1S/C19H23NO/c1-15-7-4-8-17(13-15)9-6-12-20-16(2)18-10-5-11-19(14-18)21-3/h4-11,13-14,16,20H,12H2,1-3H3/b9-6+/t16-/m1/s1. The third-order valence-electron chi connectivity index (χ3n) is 3.49. The van der Waals surface area contributed by atoms with E-state index in [9.17, 15) is 0 Å². The van der Waals surface area contributed by atoms with Gasteiger partial charge in [0.05, 0.1) is 7.11 Å². The van der Waals surface area contributed by atoms with Crippen LogP contribution in [0.5, 0.6) is 5.75 Å². The highest BCUT2D eigenvalue weighted by molar-refractivity contribution is 5.50. The minimum atomic E-state index is 0.294. The molecule has 2 heteroatoms. The summed E-state index contributed by atoms with van der Waals surface area (Å²) in [4.78, 5) is 0. The molecule has 0 heterocycles. The van der Waals surface area contributed by atoms with Crippen molar-refractivity contribution in [2.45, 2.75) is 19.9 Å². The number of rotatable bonds is 6. The first-order valence-corrected chi connectivity index (χ1v) is 7.29. The fraction of sp³-hybridized carbons (Fsp3) is 0.263. The molecule has 2 nitrogen and oxygen atoms in total. The second-order valence-electron chi connectivity index (χ2n) is 5.22. The van der Waals surface area contributed by atoms with E-state index in [-0.39, 0.29) is 0 Å². The fourth-order valence-corrected chi connectivity index (χ4v) is 2.24. The van der Waals surface area contributed by atoms with Crippen molar-refractivity contribution < 1.29 is 4.74 Å². The lowest BCUT2D eigenvalue weighted by molar-refractivity contribution is 0.413. The molecule has 2 rings (SSSR count). The maximum atomic E-state index is 5.26. The number of ether oxygens (including phenoxy) is 1. The highest BCUT2D eigenvalue weighted by atomic mass is 16.5. The topological polar surface area (TPSA) is 21.3 Å². The summed E-state index contributed by atoms with van der Waals surface area (Å²) in [7, 11) is 1.70. The van der Waals surface area contributed by atoms with E-state index in [4.69, 9.17) is 4.74 Å². The molecule has 0 fully saturated rings. The molecule has 0 aliphatic carbocycles. The molecule has 0 aliphatic rings. The Kier molecular flexibility index (Phi) is 5.59. The second-order valence-corrected chi connectivity index (χ2v) is 5.22. The summed E-state index contributed by atoms with van der Waals surface area (Å²) >= 11 is 0. The van der Waals surface area contributed by atoms with Gasteiger partial charge < -0.3 is 10.1 Å². The molecule has 2 aromatic rings. The van der Waals surface area contributed by atoms with E-state index < -0.39 is 0 Å². The van der Waals surface area contributed by atoms with E-state index in [1.807, 2.05) is 12.1 Å². The summed E-state index contributed by atoms with van der Waals surface area (Å²) in [5.41, 5.74) is 3.76. The van der Waals surface area contributed by atoms with E-state index in [1.54, 1.807) is 7.11 Å². The Morgan fingerprint density at radius 2 is 1.95 bits per heavy atom. The van der Waals surface area contributed by atoms with Crippen molar-refractivity contribution in [3.8, 4) is 5.75 Å². The molecule has 110 valence electrons. The molecule has 0 saturated heterocycles. The molecule has 0 amide bonds. The molecule has 0 aromatic heterocycles. The first-order chi connectivity index (χ1) is 10.2. The monoisotopic (exact) mass is 281 g/mol. The van der Waals surface area contributed by atoms with E-state index in [0.29, 0.717) is 6.04 Å². The van der Waals surface area contributed by atoms with E-state index in [1.165, 1.54) is 16.7 Å². The summed E-state index contributed by atoms with van der Waals surface area (Å²) in [6, 6.07) is 17.0. The molecule has 21 heavy (non-hydrogen) atoms. The molecule has 2 aromatic carbocycles. The van der Waals surface area contributed by atoms with Crippen molar-refractivity contribution in [2.75, 3.05) is 13.7 Å². The molecule has 0 bridgehead atoms. The van der Waals surface area contributed by atoms with E-state index in [0.717, 1.165) is 12.3 Å². The zero-order valence-corrected chi connectivity index (χ0v) is 13.0. The number of hydrogen-bond acceptors (Lipinski definition) is 2. The van der Waals surface area contributed by atoms with Crippen LogP contribution in [-0.2, 0) is 0 Å². The average molecular weight is 281 g/mol. The SMILES string of the molecule is COc1cccc([C@@H](C)NC/C=C/c2cccc(C)c2)c1. The van der Waals surface area contributed by atoms with Crippen molar-refractivity contribution in [2.24, 2.45) is 0 Å². The van der Waals surface area contributed by atoms with Crippen LogP contribution in [0.2, 0.25) is 0 Å². The summed E-state index contributed by atoms with van der Waals surface area (Å²) in [6.07, 6.45) is 4.31. The lowest BCUT2D eigenvalue weighted by Crippen LogP contribution is -2.18. The molecule has 0 unspecified atom stereocenters. The highest BCUT2D eigenvalue weighted by Crippen LogP contribution is 2.18. The minimum Gasteiger partial charge on any atom is -0.497 e. The van der Waals surface area contributed by atoms with Crippen LogP contribution in [0, 0.1) is 6.92 Å². The van der Waals surface area contributed by atoms with Crippen molar-refractivity contribution in [3.05, 3.63) is 71.3 Å². The van der Waals surface area contributed by atoms with Crippen LogP contribution < -0.4 is 10.1 Å². The Balaban J connectivity index is 1.87. The predicted molar refractivity (Wildman–Crippen MR) is 89.6 cm³/mol. The summed E-state index contributed by atoms with van der Waals surface area (Å²) < 4.78 is 5.26. The lowest BCUT2D eigenvalue weighted by Gasteiger charge is -2.13. The minimum absolute atomic E-state index is 0.294. The van der Waals surface area contributed by atoms with Gasteiger partial charge in [-0.2, -0.15) is 0 Å². The lowest BCUT2D eigenvalue weighted by atomic mass is 10.1. The molecule has 1 atom stereocenters. The van der Waals surface area contributed by atoms with Gasteiger partial charge >= 0.3 is 0 Å². The molecule has 0 aliphatic heterocycles. The van der Waals surface area contributed by atoms with Crippen LogP contribution in [-0.4, -0.2) is 13.7 Å². The van der Waals surface area contributed by atoms with Gasteiger partial charge in [-0.3, -0.25) is 0 Å². The first kappa shape index (κ1) is 15.3. The molecule has 1 N–H and O–H groups in total. The summed E-state index contributed by atoms with van der Waals surface area (Å²) in [5, 5.41) is 3.49. The number of benzene rings is 2. The van der Waals surface area contributed by atoms with Gasteiger partial charge in [-0.05, 0) is 37.1 Å². The van der Waals surface area contributed by atoms with E-state index >= 15 is 0 Å². The van der Waals surface area contributed by atoms with Crippen molar-refractivity contribution in [1.29, 1.82) is 0 Å². The Morgan fingerprint density at radius 3 is 2.71 bits per heavy atom. The van der Waals surface area contributed by atoms with Crippen molar-refractivity contribution in [3.63, 3.8) is 0 Å². The number of hydrogen-bond donors (Lipinski definition) is 1. The molecular formula is C19H23NO. The number of nitrogens with one attached hydrogen (secondary N) is 1. The van der Waals surface area contributed by atoms with Gasteiger partial charge in [0.25, 0.3) is 0 Å². The average Bonchev–Trinajstić information content (AvgIpc) is 2.51. The van der Waals surface area contributed by atoms with Gasteiger partial charge in [-0.15, -0.1) is 0 Å². The van der Waals surface area contributed by atoms with Crippen molar-refractivity contribution in [1.82, 2.24) is 5.32 Å². The fourth-order valence-electron chi connectivity index (χ4n) is 2.24. The van der Waals surface area contributed by atoms with Gasteiger partial charge in [0.2, 0.25) is 0 Å². The summed E-state index contributed by atoms with van der Waals surface area (Å²) in [5.74, 6) is 0.899. The Bertz CT molecular complexity index is 604. The molecule has 0 spiro atoms. The Hall–Kier alpha value is -2.06. The smallest absolute Gasteiger partial charge is 0.119 e. The number of methoxy groups -OCH3 is 1. The Labute approximate surface area is 127 Å². The second kappa shape index (κ2) is 7.65. The van der Waals surface area contributed by atoms with Crippen LogP contribution in [0.25, 0.3) is 6.08 Å². The van der Waals surface area contributed by atoms with Crippen molar-refractivity contribution >= 4 is 6.08 Å². The predicted octanol–water partition coefficient (Wildman–Crippen LogP) is 4.37. The van der Waals surface area contributed by atoms with Gasteiger partial charge in [0, 0.05) is 12.6 Å². The quantitative estimate of drug-likeness (QED) is 0.849. The highest BCUT2D eigenvalue weighted by Gasteiger charge is 2.04. The van der Waals surface area contributed by atoms with Gasteiger partial charge in [-0.1, -0.05) is 54.1 Å². The van der Waals surface area contributed by atoms with Gasteiger partial charge in [0.1, 0.15) is 5.75 Å². The maximum absolute atomic E-state index is 5.26. The zero-order chi connectivity index (χ0) is 15.1. The third-order valence-corrected chi connectivity index (χ3v) is 3.49. The normalized spacial score (nSPS) is 12.5. The van der Waals surface area contributed by atoms with Crippen LogP contribution in [0.15, 0.2) is 54.6 Å². The van der Waals surface area contributed by atoms with Crippen LogP contribution in [0.3, 0.4) is 0 Å². The van der Waals surface area contributed by atoms with Crippen LogP contribution in [0.1, 0.15) is 29.7 Å². The molecule has 0 saturated carbocycles. The molecule has 0 radical (unpaired) electrons. The van der Waals surface area contributed by atoms with Crippen LogP contribution >= 0.6 is 0 Å². The van der Waals surface area contributed by atoms with Gasteiger partial charge in [-0.25, -0.2) is 0 Å². The maximum Gasteiger partial charge on any atom is 0.119 e. The first-order valence-electron chi connectivity index (χ1n) is 7.29. The summed E-state index contributed by atoms with van der Waals surface area (Å²) in [6.45, 7) is 5.11. The van der Waals surface area contributed by atoms with E-state index in [2.05, 4.69) is 67.7 Å². The molecular weight excluding hydrogens is 258 g/mol. The van der Waals surface area contributed by atoms with Gasteiger partial charge in [0.15, 0.2) is 0 Å². The van der Waals surface area contributed by atoms with Crippen LogP contribution in [0.4, 0.5) is 0 Å². The zero-order valence-electron chi connectivity index (χ0n) is 13.0. The Morgan fingerprint density at radius 1 is 1.14 bits per heavy atom. The largest absolute Gasteiger partial charge is 0.497 e. The number of aryl methyl sites for hydroxylation is 1.